The first-order valence-electron chi connectivity index (χ1n) is 8.77. The predicted octanol–water partition coefficient (Wildman–Crippen LogP) is 5.03. The molecule has 27 heavy (non-hydrogen) atoms. The van der Waals surface area contributed by atoms with Crippen molar-refractivity contribution in [3.63, 3.8) is 0 Å². The van der Waals surface area contributed by atoms with Crippen molar-refractivity contribution in [1.82, 2.24) is 15.3 Å². The standard InChI is InChI=1S/C21H19ClFN3O/c1-11-3-6-16(23)20-19(11)15(12(2)25-20)7-8-24-21(27)18-9-13-4-5-14(22)10-17(13)26-18/h3-6,9-10,25-26H,7-8H2,1-2H3,(H,24,27). The fourth-order valence-corrected chi connectivity index (χ4v) is 3.75. The summed E-state index contributed by atoms with van der Waals surface area (Å²) in [4.78, 5) is 18.7. The summed E-state index contributed by atoms with van der Waals surface area (Å²) in [6.07, 6.45) is 0.619. The van der Waals surface area contributed by atoms with E-state index in [1.54, 1.807) is 24.3 Å². The number of carbonyl (C=O) groups is 1. The molecule has 0 saturated heterocycles. The maximum absolute atomic E-state index is 14.0. The molecule has 0 radical (unpaired) electrons. The molecule has 2 aromatic heterocycles. The number of aromatic amines is 2. The first-order valence-corrected chi connectivity index (χ1v) is 9.14. The minimum absolute atomic E-state index is 0.178. The number of H-pyrrole nitrogens is 2. The van der Waals surface area contributed by atoms with Crippen LogP contribution in [0.4, 0.5) is 4.39 Å². The van der Waals surface area contributed by atoms with E-state index in [-0.39, 0.29) is 11.7 Å². The molecule has 0 aliphatic rings. The third-order valence-corrected chi connectivity index (χ3v) is 5.15. The number of amides is 1. The van der Waals surface area contributed by atoms with Gasteiger partial charge in [-0.1, -0.05) is 23.7 Å². The van der Waals surface area contributed by atoms with Gasteiger partial charge in [-0.3, -0.25) is 4.79 Å². The van der Waals surface area contributed by atoms with E-state index >= 15 is 0 Å². The van der Waals surface area contributed by atoms with Gasteiger partial charge in [-0.15, -0.1) is 0 Å². The van der Waals surface area contributed by atoms with Gasteiger partial charge in [0.2, 0.25) is 0 Å². The highest BCUT2D eigenvalue weighted by molar-refractivity contribution is 6.31. The zero-order valence-corrected chi connectivity index (χ0v) is 15.8. The predicted molar refractivity (Wildman–Crippen MR) is 107 cm³/mol. The first kappa shape index (κ1) is 17.6. The van der Waals surface area contributed by atoms with Crippen molar-refractivity contribution in [2.24, 2.45) is 0 Å². The number of benzene rings is 2. The third-order valence-electron chi connectivity index (χ3n) is 4.92. The van der Waals surface area contributed by atoms with Gasteiger partial charge >= 0.3 is 0 Å². The summed E-state index contributed by atoms with van der Waals surface area (Å²) in [7, 11) is 0. The number of nitrogens with one attached hydrogen (secondary N) is 3. The second-order valence-corrected chi connectivity index (χ2v) is 7.20. The van der Waals surface area contributed by atoms with Crippen LogP contribution < -0.4 is 5.32 Å². The molecular formula is C21H19ClFN3O. The van der Waals surface area contributed by atoms with Crippen molar-refractivity contribution in [3.05, 3.63) is 69.8 Å². The molecule has 0 fully saturated rings. The van der Waals surface area contributed by atoms with Crippen LogP contribution in [-0.2, 0) is 6.42 Å². The molecule has 0 atom stereocenters. The fourth-order valence-electron chi connectivity index (χ4n) is 3.57. The Hall–Kier alpha value is -2.79. The molecule has 3 N–H and O–H groups in total. The van der Waals surface area contributed by atoms with Crippen LogP contribution in [-0.4, -0.2) is 22.4 Å². The first-order chi connectivity index (χ1) is 12.9. The summed E-state index contributed by atoms with van der Waals surface area (Å²) in [6.45, 7) is 4.35. The number of hydrogen-bond donors (Lipinski definition) is 3. The minimum Gasteiger partial charge on any atom is -0.356 e. The number of aromatic nitrogens is 2. The smallest absolute Gasteiger partial charge is 0.267 e. The highest BCUT2D eigenvalue weighted by atomic mass is 35.5. The maximum atomic E-state index is 14.0. The van der Waals surface area contributed by atoms with Crippen molar-refractivity contribution in [2.75, 3.05) is 6.54 Å². The van der Waals surface area contributed by atoms with Gasteiger partial charge in [-0.2, -0.15) is 0 Å². The number of rotatable bonds is 4. The van der Waals surface area contributed by atoms with Crippen molar-refractivity contribution < 1.29 is 9.18 Å². The Bertz CT molecular complexity index is 1180. The molecule has 0 bridgehead atoms. The fraction of sp³-hybridized carbons (Fsp3) is 0.190. The van der Waals surface area contributed by atoms with E-state index in [1.165, 1.54) is 6.07 Å². The van der Waals surface area contributed by atoms with Crippen LogP contribution >= 0.6 is 11.6 Å². The largest absolute Gasteiger partial charge is 0.356 e. The molecule has 2 heterocycles. The number of aryl methyl sites for hydroxylation is 2. The average Bonchev–Trinajstić information content (AvgIpc) is 3.20. The zero-order valence-electron chi connectivity index (χ0n) is 15.0. The zero-order chi connectivity index (χ0) is 19.1. The van der Waals surface area contributed by atoms with E-state index < -0.39 is 0 Å². The summed E-state index contributed by atoms with van der Waals surface area (Å²) < 4.78 is 14.0. The highest BCUT2D eigenvalue weighted by Crippen LogP contribution is 2.28. The summed E-state index contributed by atoms with van der Waals surface area (Å²) in [5.41, 5.74) is 4.82. The number of halogens is 2. The number of fused-ring (bicyclic) bond motifs is 2. The summed E-state index contributed by atoms with van der Waals surface area (Å²) in [5, 5.41) is 5.39. The van der Waals surface area contributed by atoms with Crippen LogP contribution in [0.2, 0.25) is 5.02 Å². The molecular weight excluding hydrogens is 365 g/mol. The van der Waals surface area contributed by atoms with E-state index in [0.29, 0.717) is 29.2 Å². The molecule has 0 saturated carbocycles. The maximum Gasteiger partial charge on any atom is 0.267 e. The molecule has 2 aromatic carbocycles. The second-order valence-electron chi connectivity index (χ2n) is 6.76. The molecule has 4 aromatic rings. The highest BCUT2D eigenvalue weighted by Gasteiger charge is 2.15. The monoisotopic (exact) mass is 383 g/mol. The van der Waals surface area contributed by atoms with Gasteiger partial charge in [0.25, 0.3) is 5.91 Å². The Morgan fingerprint density at radius 1 is 1.15 bits per heavy atom. The topological polar surface area (TPSA) is 60.7 Å². The van der Waals surface area contributed by atoms with Gasteiger partial charge in [0.05, 0.1) is 5.52 Å². The lowest BCUT2D eigenvalue weighted by Gasteiger charge is -2.06. The van der Waals surface area contributed by atoms with Crippen LogP contribution in [0.1, 0.15) is 27.3 Å². The van der Waals surface area contributed by atoms with Crippen molar-refractivity contribution in [1.29, 1.82) is 0 Å². The lowest BCUT2D eigenvalue weighted by Crippen LogP contribution is -2.26. The summed E-state index contributed by atoms with van der Waals surface area (Å²) in [6, 6.07) is 10.5. The number of hydrogen-bond acceptors (Lipinski definition) is 1. The van der Waals surface area contributed by atoms with Crippen molar-refractivity contribution in [2.45, 2.75) is 20.3 Å². The molecule has 6 heteroatoms. The quantitative estimate of drug-likeness (QED) is 0.454. The van der Waals surface area contributed by atoms with Gasteiger partial charge in [-0.25, -0.2) is 4.39 Å². The van der Waals surface area contributed by atoms with Gasteiger partial charge in [-0.05, 0) is 55.7 Å². The van der Waals surface area contributed by atoms with E-state index in [0.717, 1.165) is 33.1 Å². The SMILES string of the molecule is Cc1[nH]c2c(F)ccc(C)c2c1CCNC(=O)c1cc2ccc(Cl)cc2[nH]1. The average molecular weight is 384 g/mol. The Morgan fingerprint density at radius 3 is 2.78 bits per heavy atom. The van der Waals surface area contributed by atoms with E-state index in [4.69, 9.17) is 11.6 Å². The molecule has 0 unspecified atom stereocenters. The van der Waals surface area contributed by atoms with Crippen LogP contribution in [0, 0.1) is 19.7 Å². The Kier molecular flexibility index (Phi) is 4.40. The summed E-state index contributed by atoms with van der Waals surface area (Å²) in [5.74, 6) is -0.437. The molecule has 0 aliphatic heterocycles. The van der Waals surface area contributed by atoms with E-state index in [9.17, 15) is 9.18 Å². The third kappa shape index (κ3) is 3.19. The molecule has 1 amide bonds. The molecule has 0 spiro atoms. The van der Waals surface area contributed by atoms with Crippen LogP contribution in [0.25, 0.3) is 21.8 Å². The van der Waals surface area contributed by atoms with Crippen LogP contribution in [0.3, 0.4) is 0 Å². The van der Waals surface area contributed by atoms with Crippen molar-refractivity contribution >= 4 is 39.3 Å². The lowest BCUT2D eigenvalue weighted by atomic mass is 10.0. The summed E-state index contributed by atoms with van der Waals surface area (Å²) >= 11 is 5.98. The minimum atomic E-state index is -0.259. The van der Waals surface area contributed by atoms with Crippen LogP contribution in [0.5, 0.6) is 0 Å². The van der Waals surface area contributed by atoms with E-state index in [1.807, 2.05) is 19.9 Å². The Morgan fingerprint density at radius 2 is 1.96 bits per heavy atom. The Balaban J connectivity index is 1.51. The number of carbonyl (C=O) groups excluding carboxylic acids is 1. The van der Waals surface area contributed by atoms with Gasteiger partial charge in [0.15, 0.2) is 0 Å². The molecule has 4 nitrogen and oxygen atoms in total. The molecule has 4 rings (SSSR count). The second kappa shape index (κ2) is 6.74. The van der Waals surface area contributed by atoms with Gasteiger partial charge in [0.1, 0.15) is 11.5 Å². The Labute approximate surface area is 160 Å². The lowest BCUT2D eigenvalue weighted by molar-refractivity contribution is 0.0950. The molecule has 138 valence electrons. The van der Waals surface area contributed by atoms with E-state index in [2.05, 4.69) is 15.3 Å². The van der Waals surface area contributed by atoms with Gasteiger partial charge in [0, 0.05) is 33.6 Å². The van der Waals surface area contributed by atoms with Crippen LogP contribution in [0.15, 0.2) is 36.4 Å². The van der Waals surface area contributed by atoms with Gasteiger partial charge < -0.3 is 15.3 Å². The molecule has 0 aliphatic carbocycles. The van der Waals surface area contributed by atoms with Crippen molar-refractivity contribution in [3.8, 4) is 0 Å². The normalized spacial score (nSPS) is 11.4.